The highest BCUT2D eigenvalue weighted by molar-refractivity contribution is 5.78. The van der Waals surface area contributed by atoms with Gasteiger partial charge in [-0.3, -0.25) is 4.79 Å². The monoisotopic (exact) mass is 283 g/mol. The number of carbonyl (C=O) groups is 1. The molecule has 0 atom stereocenters. The van der Waals surface area contributed by atoms with E-state index in [1.165, 1.54) is 5.56 Å². The summed E-state index contributed by atoms with van der Waals surface area (Å²) in [5, 5.41) is 2.87. The summed E-state index contributed by atoms with van der Waals surface area (Å²) >= 11 is 0. The predicted molar refractivity (Wildman–Crippen MR) is 84.6 cm³/mol. The van der Waals surface area contributed by atoms with Crippen LogP contribution in [0.4, 0.5) is 0 Å². The third-order valence-corrected chi connectivity index (χ3v) is 3.26. The fourth-order valence-electron chi connectivity index (χ4n) is 2.02. The van der Waals surface area contributed by atoms with Gasteiger partial charge < -0.3 is 10.1 Å². The summed E-state index contributed by atoms with van der Waals surface area (Å²) < 4.78 is 5.64. The van der Waals surface area contributed by atoms with Crippen molar-refractivity contribution in [1.82, 2.24) is 5.32 Å². The Morgan fingerprint density at radius 3 is 2.48 bits per heavy atom. The average molecular weight is 283 g/mol. The first kappa shape index (κ1) is 15.1. The van der Waals surface area contributed by atoms with Crippen molar-refractivity contribution in [3.05, 3.63) is 65.2 Å². The molecular weight excluding hydrogens is 262 g/mol. The van der Waals surface area contributed by atoms with Crippen LogP contribution in [0.2, 0.25) is 0 Å². The minimum atomic E-state index is 0.0206. The molecular formula is C18H21NO2. The van der Waals surface area contributed by atoms with E-state index in [0.717, 1.165) is 16.9 Å². The first-order valence-electron chi connectivity index (χ1n) is 7.16. The van der Waals surface area contributed by atoms with Crippen molar-refractivity contribution in [2.24, 2.45) is 0 Å². The SMILES string of the molecule is Cc1ccc(CC(=O)NCCOc2ccccc2C)cc1. The second-order valence-electron chi connectivity index (χ2n) is 5.13. The molecule has 21 heavy (non-hydrogen) atoms. The summed E-state index contributed by atoms with van der Waals surface area (Å²) in [5.74, 6) is 0.887. The lowest BCUT2D eigenvalue weighted by atomic mass is 10.1. The summed E-state index contributed by atoms with van der Waals surface area (Å²) in [7, 11) is 0. The third kappa shape index (κ3) is 4.95. The zero-order valence-corrected chi connectivity index (χ0v) is 12.6. The number of para-hydroxylation sites is 1. The van der Waals surface area contributed by atoms with Crippen molar-refractivity contribution in [3.8, 4) is 5.75 Å². The molecule has 2 aromatic rings. The molecule has 3 heteroatoms. The molecule has 1 amide bonds. The lowest BCUT2D eigenvalue weighted by Gasteiger charge is -2.09. The van der Waals surface area contributed by atoms with E-state index in [1.54, 1.807) is 0 Å². The maximum absolute atomic E-state index is 11.8. The van der Waals surface area contributed by atoms with Gasteiger partial charge in [0.25, 0.3) is 0 Å². The van der Waals surface area contributed by atoms with Gasteiger partial charge in [0.05, 0.1) is 13.0 Å². The molecule has 1 N–H and O–H groups in total. The number of aryl methyl sites for hydroxylation is 2. The van der Waals surface area contributed by atoms with Gasteiger partial charge in [-0.2, -0.15) is 0 Å². The summed E-state index contributed by atoms with van der Waals surface area (Å²) in [6.07, 6.45) is 0.407. The summed E-state index contributed by atoms with van der Waals surface area (Å²) in [6, 6.07) is 15.9. The molecule has 0 fully saturated rings. The van der Waals surface area contributed by atoms with Gasteiger partial charge >= 0.3 is 0 Å². The van der Waals surface area contributed by atoms with Gasteiger partial charge in [0.2, 0.25) is 5.91 Å². The van der Waals surface area contributed by atoms with Crippen LogP contribution in [0.15, 0.2) is 48.5 Å². The van der Waals surface area contributed by atoms with E-state index < -0.39 is 0 Å². The average Bonchev–Trinajstić information content (AvgIpc) is 2.48. The zero-order chi connectivity index (χ0) is 15.1. The largest absolute Gasteiger partial charge is 0.491 e. The van der Waals surface area contributed by atoms with Gasteiger partial charge in [-0.15, -0.1) is 0 Å². The molecule has 0 radical (unpaired) electrons. The second-order valence-corrected chi connectivity index (χ2v) is 5.13. The second kappa shape index (κ2) is 7.48. The molecule has 2 aromatic carbocycles. The summed E-state index contributed by atoms with van der Waals surface area (Å²) in [6.45, 7) is 5.03. The minimum Gasteiger partial charge on any atom is -0.491 e. The van der Waals surface area contributed by atoms with E-state index in [-0.39, 0.29) is 5.91 Å². The normalized spacial score (nSPS) is 10.2. The molecule has 0 spiro atoms. The van der Waals surface area contributed by atoms with Crippen LogP contribution in [0, 0.1) is 13.8 Å². The number of nitrogens with one attached hydrogen (secondary N) is 1. The number of carbonyl (C=O) groups excluding carboxylic acids is 1. The van der Waals surface area contributed by atoms with Gasteiger partial charge in [0, 0.05) is 0 Å². The van der Waals surface area contributed by atoms with Gasteiger partial charge in [0.15, 0.2) is 0 Å². The molecule has 0 heterocycles. The molecule has 0 aliphatic rings. The molecule has 3 nitrogen and oxygen atoms in total. The van der Waals surface area contributed by atoms with Crippen molar-refractivity contribution >= 4 is 5.91 Å². The first-order chi connectivity index (χ1) is 10.1. The summed E-state index contributed by atoms with van der Waals surface area (Å²) in [5.41, 5.74) is 3.33. The Balaban J connectivity index is 1.70. The Morgan fingerprint density at radius 1 is 1.05 bits per heavy atom. The number of rotatable bonds is 6. The molecule has 0 aromatic heterocycles. The number of benzene rings is 2. The van der Waals surface area contributed by atoms with Gasteiger partial charge in [-0.1, -0.05) is 48.0 Å². The van der Waals surface area contributed by atoms with E-state index in [1.807, 2.05) is 62.4 Å². The fourth-order valence-corrected chi connectivity index (χ4v) is 2.02. The first-order valence-corrected chi connectivity index (χ1v) is 7.16. The highest BCUT2D eigenvalue weighted by Crippen LogP contribution is 2.15. The smallest absolute Gasteiger partial charge is 0.224 e. The Hall–Kier alpha value is -2.29. The van der Waals surface area contributed by atoms with Crippen molar-refractivity contribution in [1.29, 1.82) is 0 Å². The molecule has 2 rings (SSSR count). The number of ether oxygens (including phenoxy) is 1. The van der Waals surface area contributed by atoms with Crippen LogP contribution in [-0.2, 0) is 11.2 Å². The van der Waals surface area contributed by atoms with Crippen LogP contribution < -0.4 is 10.1 Å². The molecule has 0 saturated carbocycles. The van der Waals surface area contributed by atoms with Gasteiger partial charge in [0.1, 0.15) is 12.4 Å². The van der Waals surface area contributed by atoms with Crippen LogP contribution in [0.25, 0.3) is 0 Å². The quantitative estimate of drug-likeness (QED) is 0.828. The number of hydrogen-bond donors (Lipinski definition) is 1. The van der Waals surface area contributed by atoms with Crippen molar-refractivity contribution in [2.45, 2.75) is 20.3 Å². The highest BCUT2D eigenvalue weighted by Gasteiger charge is 2.03. The Kier molecular flexibility index (Phi) is 5.38. The molecule has 110 valence electrons. The van der Waals surface area contributed by atoms with Crippen molar-refractivity contribution in [3.63, 3.8) is 0 Å². The lowest BCUT2D eigenvalue weighted by Crippen LogP contribution is -2.29. The van der Waals surface area contributed by atoms with Crippen LogP contribution in [0.1, 0.15) is 16.7 Å². The van der Waals surface area contributed by atoms with E-state index >= 15 is 0 Å². The zero-order valence-electron chi connectivity index (χ0n) is 12.6. The van der Waals surface area contributed by atoms with E-state index in [4.69, 9.17) is 4.74 Å². The van der Waals surface area contributed by atoms with Gasteiger partial charge in [-0.25, -0.2) is 0 Å². The van der Waals surface area contributed by atoms with Crippen LogP contribution in [-0.4, -0.2) is 19.1 Å². The van der Waals surface area contributed by atoms with Crippen molar-refractivity contribution < 1.29 is 9.53 Å². The highest BCUT2D eigenvalue weighted by atomic mass is 16.5. The van der Waals surface area contributed by atoms with E-state index in [9.17, 15) is 4.79 Å². The maximum atomic E-state index is 11.8. The topological polar surface area (TPSA) is 38.3 Å². The molecule has 0 bridgehead atoms. The van der Waals surface area contributed by atoms with Crippen LogP contribution in [0.3, 0.4) is 0 Å². The van der Waals surface area contributed by atoms with Crippen LogP contribution in [0.5, 0.6) is 5.75 Å². The summed E-state index contributed by atoms with van der Waals surface area (Å²) in [4.78, 5) is 11.8. The standard InChI is InChI=1S/C18H21NO2/c1-14-7-9-16(10-8-14)13-18(20)19-11-12-21-17-6-4-3-5-15(17)2/h3-10H,11-13H2,1-2H3,(H,19,20). The Morgan fingerprint density at radius 2 is 1.76 bits per heavy atom. The lowest BCUT2D eigenvalue weighted by molar-refractivity contribution is -0.120. The Labute approximate surface area is 126 Å². The molecule has 0 aliphatic heterocycles. The molecule has 0 unspecified atom stereocenters. The van der Waals surface area contributed by atoms with E-state index in [0.29, 0.717) is 19.6 Å². The number of amides is 1. The fraction of sp³-hybridized carbons (Fsp3) is 0.278. The maximum Gasteiger partial charge on any atom is 0.224 e. The molecule has 0 saturated heterocycles. The number of hydrogen-bond acceptors (Lipinski definition) is 2. The Bertz CT molecular complexity index is 590. The van der Waals surface area contributed by atoms with E-state index in [2.05, 4.69) is 5.32 Å². The molecule has 0 aliphatic carbocycles. The van der Waals surface area contributed by atoms with Crippen LogP contribution >= 0.6 is 0 Å². The third-order valence-electron chi connectivity index (χ3n) is 3.26. The van der Waals surface area contributed by atoms with Gasteiger partial charge in [-0.05, 0) is 31.0 Å². The van der Waals surface area contributed by atoms with Crippen molar-refractivity contribution in [2.75, 3.05) is 13.2 Å². The predicted octanol–water partition coefficient (Wildman–Crippen LogP) is 3.04. The minimum absolute atomic E-state index is 0.0206.